The molecule has 8 heteroatoms. The Labute approximate surface area is 170 Å². The molecule has 2 amide bonds. The molecule has 1 atom stereocenters. The van der Waals surface area contributed by atoms with Gasteiger partial charge in [-0.2, -0.15) is 5.10 Å². The number of piperidine rings is 1. The number of amides is 2. The third-order valence-corrected chi connectivity index (χ3v) is 5.72. The summed E-state index contributed by atoms with van der Waals surface area (Å²) in [6.45, 7) is 4.55. The van der Waals surface area contributed by atoms with Gasteiger partial charge in [0.2, 0.25) is 11.8 Å². The van der Waals surface area contributed by atoms with Crippen LogP contribution in [0.1, 0.15) is 38.2 Å². The van der Waals surface area contributed by atoms with Gasteiger partial charge in [0, 0.05) is 38.5 Å². The third kappa shape index (κ3) is 4.41. The zero-order valence-electron chi connectivity index (χ0n) is 16.8. The lowest BCUT2D eigenvalue weighted by Gasteiger charge is -2.43. The number of fused-ring (bicyclic) bond motifs is 1. The molecular formula is C21H27N5O3. The Hall–Kier alpha value is -2.90. The van der Waals surface area contributed by atoms with Gasteiger partial charge in [-0.15, -0.1) is 0 Å². The van der Waals surface area contributed by atoms with E-state index in [0.29, 0.717) is 32.6 Å². The average molecular weight is 397 g/mol. The predicted octanol–water partition coefficient (Wildman–Crippen LogP) is 1.86. The molecule has 1 aromatic carbocycles. The SMILES string of the molecule is CC(=O)N1Cc2ccccc2O[C@@]2(CCCN(C(=O)CCCn3cncn3)C2)C1. The minimum absolute atomic E-state index is 0.0287. The highest BCUT2D eigenvalue weighted by molar-refractivity contribution is 5.76. The summed E-state index contributed by atoms with van der Waals surface area (Å²) in [6.07, 6.45) is 6.03. The molecule has 3 heterocycles. The van der Waals surface area contributed by atoms with Crippen LogP contribution in [0.15, 0.2) is 36.9 Å². The van der Waals surface area contributed by atoms with Crippen molar-refractivity contribution in [3.63, 3.8) is 0 Å². The molecule has 4 rings (SSSR count). The van der Waals surface area contributed by atoms with E-state index in [9.17, 15) is 9.59 Å². The van der Waals surface area contributed by atoms with Crippen molar-refractivity contribution in [3.05, 3.63) is 42.5 Å². The molecule has 1 saturated heterocycles. The lowest BCUT2D eigenvalue weighted by molar-refractivity contribution is -0.140. The molecular weight excluding hydrogens is 370 g/mol. The van der Waals surface area contributed by atoms with E-state index in [1.807, 2.05) is 34.1 Å². The van der Waals surface area contributed by atoms with E-state index in [2.05, 4.69) is 10.1 Å². The second-order valence-electron chi connectivity index (χ2n) is 7.95. The number of benzene rings is 1. The predicted molar refractivity (Wildman–Crippen MR) is 106 cm³/mol. The van der Waals surface area contributed by atoms with Crippen molar-refractivity contribution in [1.29, 1.82) is 0 Å². The fourth-order valence-electron chi connectivity index (χ4n) is 4.25. The molecule has 0 unspecified atom stereocenters. The van der Waals surface area contributed by atoms with E-state index in [1.165, 1.54) is 6.33 Å². The van der Waals surface area contributed by atoms with E-state index in [-0.39, 0.29) is 11.8 Å². The van der Waals surface area contributed by atoms with Crippen LogP contribution in [0.25, 0.3) is 0 Å². The Kier molecular flexibility index (Phi) is 5.51. The molecule has 0 radical (unpaired) electrons. The maximum atomic E-state index is 12.8. The average Bonchev–Trinajstić information content (AvgIpc) is 3.16. The van der Waals surface area contributed by atoms with Gasteiger partial charge in [-0.1, -0.05) is 18.2 Å². The normalized spacial score (nSPS) is 21.4. The summed E-state index contributed by atoms with van der Waals surface area (Å²) in [5.74, 6) is 0.970. The molecule has 1 aromatic heterocycles. The van der Waals surface area contributed by atoms with Crippen LogP contribution >= 0.6 is 0 Å². The van der Waals surface area contributed by atoms with Crippen molar-refractivity contribution >= 4 is 11.8 Å². The van der Waals surface area contributed by atoms with Crippen LogP contribution in [-0.4, -0.2) is 61.6 Å². The van der Waals surface area contributed by atoms with E-state index in [1.54, 1.807) is 17.9 Å². The lowest BCUT2D eigenvalue weighted by Crippen LogP contribution is -2.58. The van der Waals surface area contributed by atoms with Gasteiger partial charge in [-0.05, 0) is 25.3 Å². The Balaban J connectivity index is 1.46. The molecule has 1 spiro atoms. The van der Waals surface area contributed by atoms with Crippen molar-refractivity contribution in [2.75, 3.05) is 19.6 Å². The molecule has 0 N–H and O–H groups in total. The van der Waals surface area contributed by atoms with Crippen molar-refractivity contribution < 1.29 is 14.3 Å². The summed E-state index contributed by atoms with van der Waals surface area (Å²) in [5, 5.41) is 4.07. The minimum atomic E-state index is -0.557. The highest BCUT2D eigenvalue weighted by Crippen LogP contribution is 2.35. The largest absolute Gasteiger partial charge is 0.483 e. The van der Waals surface area contributed by atoms with Crippen LogP contribution in [-0.2, 0) is 22.7 Å². The quantitative estimate of drug-likeness (QED) is 0.787. The molecule has 8 nitrogen and oxygen atoms in total. The number of aryl methyl sites for hydroxylation is 1. The molecule has 2 aromatic rings. The first-order valence-corrected chi connectivity index (χ1v) is 10.2. The molecule has 1 fully saturated rings. The number of hydrogen-bond donors (Lipinski definition) is 0. The van der Waals surface area contributed by atoms with Crippen LogP contribution in [0.3, 0.4) is 0 Å². The summed E-state index contributed by atoms with van der Waals surface area (Å²) in [6, 6.07) is 7.87. The van der Waals surface area contributed by atoms with E-state index in [4.69, 9.17) is 4.74 Å². The van der Waals surface area contributed by atoms with Crippen molar-refractivity contribution in [2.45, 2.75) is 51.3 Å². The van der Waals surface area contributed by atoms with Crippen LogP contribution in [0, 0.1) is 0 Å². The molecule has 154 valence electrons. The molecule has 2 aliphatic heterocycles. The van der Waals surface area contributed by atoms with Crippen LogP contribution in [0.4, 0.5) is 0 Å². The van der Waals surface area contributed by atoms with Gasteiger partial charge in [0.15, 0.2) is 0 Å². The van der Waals surface area contributed by atoms with Crippen molar-refractivity contribution in [1.82, 2.24) is 24.6 Å². The Morgan fingerprint density at radius 3 is 2.83 bits per heavy atom. The van der Waals surface area contributed by atoms with Gasteiger partial charge in [0.25, 0.3) is 0 Å². The van der Waals surface area contributed by atoms with Crippen molar-refractivity contribution in [2.24, 2.45) is 0 Å². The molecule has 0 saturated carbocycles. The van der Waals surface area contributed by atoms with Gasteiger partial charge in [-0.25, -0.2) is 4.98 Å². The first kappa shape index (κ1) is 19.4. The van der Waals surface area contributed by atoms with Crippen LogP contribution in [0.5, 0.6) is 5.75 Å². The third-order valence-electron chi connectivity index (χ3n) is 5.72. The molecule has 0 aliphatic carbocycles. The number of ether oxygens (including phenoxy) is 1. The van der Waals surface area contributed by atoms with Gasteiger partial charge in [0.1, 0.15) is 24.0 Å². The fraction of sp³-hybridized carbons (Fsp3) is 0.524. The second kappa shape index (κ2) is 8.23. The zero-order chi connectivity index (χ0) is 20.3. The number of likely N-dealkylation sites (tertiary alicyclic amines) is 1. The molecule has 0 bridgehead atoms. The monoisotopic (exact) mass is 397 g/mol. The van der Waals surface area contributed by atoms with Gasteiger partial charge in [0.05, 0.1) is 13.1 Å². The fourth-order valence-corrected chi connectivity index (χ4v) is 4.25. The van der Waals surface area contributed by atoms with E-state index >= 15 is 0 Å². The Morgan fingerprint density at radius 2 is 2.03 bits per heavy atom. The zero-order valence-corrected chi connectivity index (χ0v) is 16.8. The van der Waals surface area contributed by atoms with Gasteiger partial charge >= 0.3 is 0 Å². The number of carbonyl (C=O) groups excluding carboxylic acids is 2. The van der Waals surface area contributed by atoms with Crippen molar-refractivity contribution in [3.8, 4) is 5.75 Å². The van der Waals surface area contributed by atoms with Crippen LogP contribution < -0.4 is 4.74 Å². The first-order chi connectivity index (χ1) is 14.0. The number of nitrogens with zero attached hydrogens (tertiary/aromatic N) is 5. The van der Waals surface area contributed by atoms with E-state index < -0.39 is 5.60 Å². The summed E-state index contributed by atoms with van der Waals surface area (Å²) < 4.78 is 8.24. The Morgan fingerprint density at radius 1 is 1.21 bits per heavy atom. The van der Waals surface area contributed by atoms with Crippen LogP contribution in [0.2, 0.25) is 0 Å². The second-order valence-corrected chi connectivity index (χ2v) is 7.95. The van der Waals surface area contributed by atoms with Gasteiger partial charge < -0.3 is 14.5 Å². The van der Waals surface area contributed by atoms with E-state index in [0.717, 1.165) is 37.1 Å². The molecule has 2 aliphatic rings. The number of aromatic nitrogens is 3. The topological polar surface area (TPSA) is 80.6 Å². The number of rotatable bonds is 4. The first-order valence-electron chi connectivity index (χ1n) is 10.2. The maximum absolute atomic E-state index is 12.8. The summed E-state index contributed by atoms with van der Waals surface area (Å²) >= 11 is 0. The number of para-hydroxylation sites is 1. The smallest absolute Gasteiger partial charge is 0.222 e. The summed E-state index contributed by atoms with van der Waals surface area (Å²) in [5.41, 5.74) is 0.453. The van der Waals surface area contributed by atoms with Gasteiger partial charge in [-0.3, -0.25) is 14.3 Å². The highest BCUT2D eigenvalue weighted by Gasteiger charge is 2.43. The summed E-state index contributed by atoms with van der Waals surface area (Å²) in [4.78, 5) is 32.7. The highest BCUT2D eigenvalue weighted by atomic mass is 16.5. The number of carbonyl (C=O) groups is 2. The standard InChI is InChI=1S/C21H27N5O3/c1-17(27)25-12-18-6-2-3-7-19(18)29-21(14-25)9-5-10-24(13-21)20(28)8-4-11-26-16-22-15-23-26/h2-3,6-7,15-16H,4-5,8-14H2,1H3/t21-/m1/s1. The lowest BCUT2D eigenvalue weighted by atomic mass is 9.91. The maximum Gasteiger partial charge on any atom is 0.222 e. The number of hydrogen-bond acceptors (Lipinski definition) is 5. The minimum Gasteiger partial charge on any atom is -0.483 e. The summed E-state index contributed by atoms with van der Waals surface area (Å²) in [7, 11) is 0. The Bertz CT molecular complexity index is 869. The molecule has 29 heavy (non-hydrogen) atoms.